The lowest BCUT2D eigenvalue weighted by Gasteiger charge is -1.97. The lowest BCUT2D eigenvalue weighted by Crippen LogP contribution is -1.99. The zero-order valence-electron chi connectivity index (χ0n) is 6.67. The first-order valence-electron chi connectivity index (χ1n) is 3.29. The third-order valence-electron chi connectivity index (χ3n) is 1.37. The Bertz CT molecular complexity index is 293. The molecule has 1 aromatic carbocycles. The second-order valence-corrected chi connectivity index (χ2v) is 2.24. The molecule has 6 heteroatoms. The quantitative estimate of drug-likeness (QED) is 0.596. The van der Waals surface area contributed by atoms with Crippen LogP contribution in [0.15, 0.2) is 24.3 Å². The van der Waals surface area contributed by atoms with Crippen molar-refractivity contribution in [3.05, 3.63) is 39.9 Å². The number of non-ortho nitro benzene ring substituents is 1. The van der Waals surface area contributed by atoms with Gasteiger partial charge in [-0.15, -0.1) is 12.4 Å². The second kappa shape index (κ2) is 5.47. The van der Waals surface area contributed by atoms with E-state index in [1.165, 1.54) is 12.1 Å². The number of nitro benzene ring substituents is 1. The van der Waals surface area contributed by atoms with Crippen molar-refractivity contribution >= 4 is 18.1 Å². The Morgan fingerprint density at radius 3 is 2.77 bits per heavy atom. The maximum atomic E-state index is 10.3. The van der Waals surface area contributed by atoms with E-state index < -0.39 is 4.92 Å². The SMILES string of the molecule is Cl.NOCc1cccc([N+](=O)[O-])c1. The van der Waals surface area contributed by atoms with E-state index in [0.29, 0.717) is 5.56 Å². The van der Waals surface area contributed by atoms with Crippen molar-refractivity contribution in [3.63, 3.8) is 0 Å². The van der Waals surface area contributed by atoms with Crippen LogP contribution in [-0.2, 0) is 11.4 Å². The Kier molecular flexibility index (Phi) is 4.98. The predicted molar refractivity (Wildman–Crippen MR) is 49.3 cm³/mol. The summed E-state index contributed by atoms with van der Waals surface area (Å²) in [6.07, 6.45) is 0. The summed E-state index contributed by atoms with van der Waals surface area (Å²) in [5, 5.41) is 10.3. The lowest BCUT2D eigenvalue weighted by molar-refractivity contribution is -0.384. The molecule has 0 radical (unpaired) electrons. The molecule has 72 valence electrons. The highest BCUT2D eigenvalue weighted by atomic mass is 35.5. The zero-order chi connectivity index (χ0) is 8.97. The van der Waals surface area contributed by atoms with Crippen LogP contribution in [0.1, 0.15) is 5.56 Å². The molecule has 0 aliphatic rings. The topological polar surface area (TPSA) is 78.4 Å². The van der Waals surface area contributed by atoms with Crippen molar-refractivity contribution in [1.82, 2.24) is 0 Å². The summed E-state index contributed by atoms with van der Waals surface area (Å²) in [7, 11) is 0. The fourth-order valence-electron chi connectivity index (χ4n) is 0.856. The molecule has 0 aliphatic heterocycles. The van der Waals surface area contributed by atoms with E-state index in [-0.39, 0.29) is 24.7 Å². The van der Waals surface area contributed by atoms with E-state index in [0.717, 1.165) is 0 Å². The van der Waals surface area contributed by atoms with Crippen LogP contribution < -0.4 is 5.90 Å². The summed E-state index contributed by atoms with van der Waals surface area (Å²) in [6, 6.07) is 6.14. The molecule has 0 saturated heterocycles. The van der Waals surface area contributed by atoms with Crippen LogP contribution in [0.2, 0.25) is 0 Å². The fraction of sp³-hybridized carbons (Fsp3) is 0.143. The van der Waals surface area contributed by atoms with Gasteiger partial charge >= 0.3 is 0 Å². The van der Waals surface area contributed by atoms with Gasteiger partial charge in [0.1, 0.15) is 0 Å². The van der Waals surface area contributed by atoms with Crippen LogP contribution in [-0.4, -0.2) is 4.92 Å². The van der Waals surface area contributed by atoms with Crippen LogP contribution in [0.3, 0.4) is 0 Å². The molecule has 0 unspecified atom stereocenters. The van der Waals surface area contributed by atoms with E-state index in [9.17, 15) is 10.1 Å². The van der Waals surface area contributed by atoms with Crippen LogP contribution in [0.4, 0.5) is 5.69 Å². The van der Waals surface area contributed by atoms with Crippen LogP contribution >= 0.6 is 12.4 Å². The third kappa shape index (κ3) is 3.37. The van der Waals surface area contributed by atoms with E-state index in [1.807, 2.05) is 0 Å². The largest absolute Gasteiger partial charge is 0.300 e. The molecule has 0 atom stereocenters. The van der Waals surface area contributed by atoms with Gasteiger partial charge in [0.05, 0.1) is 11.5 Å². The van der Waals surface area contributed by atoms with Gasteiger partial charge in [0.25, 0.3) is 5.69 Å². The first kappa shape index (κ1) is 11.8. The molecule has 0 saturated carbocycles. The van der Waals surface area contributed by atoms with Crippen molar-refractivity contribution in [2.24, 2.45) is 5.90 Å². The minimum Gasteiger partial charge on any atom is -0.300 e. The van der Waals surface area contributed by atoms with Crippen molar-refractivity contribution in [3.8, 4) is 0 Å². The summed E-state index contributed by atoms with van der Waals surface area (Å²) < 4.78 is 0. The summed E-state index contributed by atoms with van der Waals surface area (Å²) in [4.78, 5) is 14.2. The number of nitro groups is 1. The van der Waals surface area contributed by atoms with Crippen LogP contribution in [0.5, 0.6) is 0 Å². The van der Waals surface area contributed by atoms with E-state index >= 15 is 0 Å². The number of nitrogens with two attached hydrogens (primary N) is 1. The Labute approximate surface area is 81.0 Å². The molecule has 0 aromatic heterocycles. The van der Waals surface area contributed by atoms with Gasteiger partial charge in [-0.1, -0.05) is 12.1 Å². The number of halogens is 1. The summed E-state index contributed by atoms with van der Waals surface area (Å²) >= 11 is 0. The Morgan fingerprint density at radius 1 is 1.54 bits per heavy atom. The van der Waals surface area contributed by atoms with Crippen LogP contribution in [0, 0.1) is 10.1 Å². The summed E-state index contributed by atoms with van der Waals surface area (Å²) in [5.74, 6) is 4.82. The Balaban J connectivity index is 0.00000144. The van der Waals surface area contributed by atoms with Crippen LogP contribution in [0.25, 0.3) is 0 Å². The number of hydrogen-bond donors (Lipinski definition) is 1. The minimum absolute atomic E-state index is 0. The van der Waals surface area contributed by atoms with Gasteiger partial charge in [-0.3, -0.25) is 15.0 Å². The molecule has 1 aromatic rings. The molecule has 2 N–H and O–H groups in total. The lowest BCUT2D eigenvalue weighted by atomic mass is 10.2. The van der Waals surface area contributed by atoms with E-state index in [4.69, 9.17) is 5.90 Å². The highest BCUT2D eigenvalue weighted by molar-refractivity contribution is 5.85. The Morgan fingerprint density at radius 2 is 2.23 bits per heavy atom. The standard InChI is InChI=1S/C7H8N2O3.ClH/c8-12-5-6-2-1-3-7(4-6)9(10)11;/h1-4H,5,8H2;1H. The zero-order valence-corrected chi connectivity index (χ0v) is 7.49. The van der Waals surface area contributed by atoms with Gasteiger partial charge in [0.15, 0.2) is 0 Å². The van der Waals surface area contributed by atoms with Crippen molar-refractivity contribution < 1.29 is 9.76 Å². The highest BCUT2D eigenvalue weighted by Crippen LogP contribution is 2.12. The van der Waals surface area contributed by atoms with E-state index in [2.05, 4.69) is 4.84 Å². The molecule has 0 heterocycles. The normalized spacial score (nSPS) is 9.00. The van der Waals surface area contributed by atoms with Gasteiger partial charge in [-0.05, 0) is 5.56 Å². The van der Waals surface area contributed by atoms with Gasteiger partial charge in [0.2, 0.25) is 0 Å². The fourth-order valence-corrected chi connectivity index (χ4v) is 0.856. The predicted octanol–water partition coefficient (Wildman–Crippen LogP) is 1.41. The Hall–Kier alpha value is -1.17. The van der Waals surface area contributed by atoms with Crippen molar-refractivity contribution in [2.45, 2.75) is 6.61 Å². The average molecular weight is 205 g/mol. The molecule has 0 amide bonds. The maximum Gasteiger partial charge on any atom is 0.269 e. The molecule has 0 fully saturated rings. The number of hydrogen-bond acceptors (Lipinski definition) is 4. The number of nitrogens with zero attached hydrogens (tertiary/aromatic N) is 1. The third-order valence-corrected chi connectivity index (χ3v) is 1.37. The molecule has 0 spiro atoms. The molecule has 1 rings (SSSR count). The monoisotopic (exact) mass is 204 g/mol. The minimum atomic E-state index is -0.458. The second-order valence-electron chi connectivity index (χ2n) is 2.24. The van der Waals surface area contributed by atoms with Gasteiger partial charge in [0, 0.05) is 12.1 Å². The van der Waals surface area contributed by atoms with Crippen molar-refractivity contribution in [1.29, 1.82) is 0 Å². The van der Waals surface area contributed by atoms with E-state index in [1.54, 1.807) is 12.1 Å². The highest BCUT2D eigenvalue weighted by Gasteiger charge is 2.04. The molecule has 13 heavy (non-hydrogen) atoms. The molecule has 0 aliphatic carbocycles. The molecular weight excluding hydrogens is 196 g/mol. The molecular formula is C7H9ClN2O3. The molecule has 0 bridgehead atoms. The number of benzene rings is 1. The molecule has 5 nitrogen and oxygen atoms in total. The average Bonchev–Trinajstić information content (AvgIpc) is 2.05. The summed E-state index contributed by atoms with van der Waals surface area (Å²) in [5.41, 5.74) is 0.733. The smallest absolute Gasteiger partial charge is 0.269 e. The summed E-state index contributed by atoms with van der Waals surface area (Å²) in [6.45, 7) is 0.182. The van der Waals surface area contributed by atoms with Crippen molar-refractivity contribution in [2.75, 3.05) is 0 Å². The number of rotatable bonds is 3. The van der Waals surface area contributed by atoms with Gasteiger partial charge in [-0.25, -0.2) is 5.90 Å². The van der Waals surface area contributed by atoms with Gasteiger partial charge in [-0.2, -0.15) is 0 Å². The first-order valence-corrected chi connectivity index (χ1v) is 3.29. The maximum absolute atomic E-state index is 10.3. The van der Waals surface area contributed by atoms with Gasteiger partial charge < -0.3 is 0 Å². The first-order chi connectivity index (χ1) is 5.74.